The summed E-state index contributed by atoms with van der Waals surface area (Å²) in [6.07, 6.45) is 1.67. The topological polar surface area (TPSA) is 45.8 Å². The molecule has 1 aromatic heterocycles. The Morgan fingerprint density at radius 2 is 2.36 bits per heavy atom. The van der Waals surface area contributed by atoms with Crippen LogP contribution in [0.25, 0.3) is 0 Å². The molecule has 0 saturated carbocycles. The Morgan fingerprint density at radius 1 is 1.57 bits per heavy atom. The van der Waals surface area contributed by atoms with E-state index < -0.39 is 0 Å². The van der Waals surface area contributed by atoms with Crippen molar-refractivity contribution in [3.63, 3.8) is 0 Å². The SMILES string of the molecule is CC1ON(C)C(c2ccco2)C1CO. The van der Waals surface area contributed by atoms with Crippen molar-refractivity contribution in [2.75, 3.05) is 13.7 Å². The van der Waals surface area contributed by atoms with Crippen molar-refractivity contribution in [1.82, 2.24) is 5.06 Å². The molecule has 1 aliphatic rings. The number of hydroxylamine groups is 2. The summed E-state index contributed by atoms with van der Waals surface area (Å²) in [6, 6.07) is 3.77. The van der Waals surface area contributed by atoms with E-state index in [1.165, 1.54) is 0 Å². The molecular formula is C10H15NO3. The van der Waals surface area contributed by atoms with Gasteiger partial charge in [0, 0.05) is 13.0 Å². The highest BCUT2D eigenvalue weighted by Gasteiger charge is 2.41. The summed E-state index contributed by atoms with van der Waals surface area (Å²) < 4.78 is 5.34. The second-order valence-corrected chi connectivity index (χ2v) is 3.66. The van der Waals surface area contributed by atoms with Crippen LogP contribution < -0.4 is 0 Å². The quantitative estimate of drug-likeness (QED) is 0.773. The smallest absolute Gasteiger partial charge is 0.123 e. The van der Waals surface area contributed by atoms with E-state index in [0.717, 1.165) is 5.76 Å². The highest BCUT2D eigenvalue weighted by Crippen LogP contribution is 2.37. The Balaban J connectivity index is 2.24. The molecule has 0 bridgehead atoms. The molecule has 4 heteroatoms. The van der Waals surface area contributed by atoms with Crippen molar-refractivity contribution in [2.45, 2.75) is 19.1 Å². The van der Waals surface area contributed by atoms with Gasteiger partial charge in [-0.05, 0) is 19.1 Å². The second-order valence-electron chi connectivity index (χ2n) is 3.66. The average molecular weight is 197 g/mol. The van der Waals surface area contributed by atoms with Gasteiger partial charge in [-0.3, -0.25) is 4.84 Å². The van der Waals surface area contributed by atoms with Gasteiger partial charge in [-0.25, -0.2) is 0 Å². The molecule has 0 aromatic carbocycles. The largest absolute Gasteiger partial charge is 0.468 e. The maximum atomic E-state index is 9.28. The van der Waals surface area contributed by atoms with Crippen LogP contribution in [0.5, 0.6) is 0 Å². The van der Waals surface area contributed by atoms with E-state index in [4.69, 9.17) is 9.25 Å². The van der Waals surface area contributed by atoms with E-state index in [1.807, 2.05) is 26.1 Å². The standard InChI is InChI=1S/C10H15NO3/c1-7-8(6-12)10(11(2)14-7)9-4-3-5-13-9/h3-5,7-8,10,12H,6H2,1-2H3. The summed E-state index contributed by atoms with van der Waals surface area (Å²) in [4.78, 5) is 5.51. The number of aliphatic hydroxyl groups excluding tert-OH is 1. The third-order valence-electron chi connectivity index (χ3n) is 2.78. The number of rotatable bonds is 2. The van der Waals surface area contributed by atoms with Crippen molar-refractivity contribution < 1.29 is 14.4 Å². The third kappa shape index (κ3) is 1.45. The van der Waals surface area contributed by atoms with Crippen LogP contribution in [-0.2, 0) is 4.84 Å². The highest BCUT2D eigenvalue weighted by molar-refractivity contribution is 5.07. The molecular weight excluding hydrogens is 182 g/mol. The summed E-state index contributed by atoms with van der Waals surface area (Å²) in [6.45, 7) is 2.07. The summed E-state index contributed by atoms with van der Waals surface area (Å²) in [5.41, 5.74) is 0. The Morgan fingerprint density at radius 3 is 2.93 bits per heavy atom. The first-order valence-electron chi connectivity index (χ1n) is 4.78. The monoisotopic (exact) mass is 197 g/mol. The third-order valence-corrected chi connectivity index (χ3v) is 2.78. The number of hydrogen-bond acceptors (Lipinski definition) is 4. The molecule has 1 aliphatic heterocycles. The Bertz CT molecular complexity index is 286. The van der Waals surface area contributed by atoms with Gasteiger partial charge in [0.15, 0.2) is 0 Å². The molecule has 0 radical (unpaired) electrons. The number of hydrogen-bond donors (Lipinski definition) is 1. The van der Waals surface area contributed by atoms with Crippen LogP contribution in [0.1, 0.15) is 18.7 Å². The summed E-state index contributed by atoms with van der Waals surface area (Å²) >= 11 is 0. The molecule has 0 aliphatic carbocycles. The lowest BCUT2D eigenvalue weighted by Gasteiger charge is -2.18. The molecule has 1 saturated heterocycles. The first kappa shape index (κ1) is 9.71. The number of furan rings is 1. The number of aliphatic hydroxyl groups is 1. The molecule has 1 fully saturated rings. The molecule has 78 valence electrons. The molecule has 2 heterocycles. The molecule has 1 N–H and O–H groups in total. The second kappa shape index (κ2) is 3.73. The van der Waals surface area contributed by atoms with E-state index in [0.29, 0.717) is 0 Å². The molecule has 1 aromatic rings. The van der Waals surface area contributed by atoms with Gasteiger partial charge < -0.3 is 9.52 Å². The van der Waals surface area contributed by atoms with E-state index in [1.54, 1.807) is 11.3 Å². The van der Waals surface area contributed by atoms with Gasteiger partial charge in [0.25, 0.3) is 0 Å². The molecule has 4 nitrogen and oxygen atoms in total. The maximum absolute atomic E-state index is 9.28. The van der Waals surface area contributed by atoms with Crippen LogP contribution in [0.2, 0.25) is 0 Å². The normalized spacial score (nSPS) is 33.8. The molecule has 3 atom stereocenters. The lowest BCUT2D eigenvalue weighted by atomic mass is 9.95. The maximum Gasteiger partial charge on any atom is 0.123 e. The van der Waals surface area contributed by atoms with Crippen molar-refractivity contribution >= 4 is 0 Å². The lowest BCUT2D eigenvalue weighted by molar-refractivity contribution is -0.141. The lowest BCUT2D eigenvalue weighted by Crippen LogP contribution is -2.23. The van der Waals surface area contributed by atoms with Crippen molar-refractivity contribution in [2.24, 2.45) is 5.92 Å². The van der Waals surface area contributed by atoms with Gasteiger partial charge in [-0.2, -0.15) is 5.06 Å². The van der Waals surface area contributed by atoms with Crippen LogP contribution in [0.3, 0.4) is 0 Å². The van der Waals surface area contributed by atoms with Crippen LogP contribution in [-0.4, -0.2) is 29.9 Å². The Labute approximate surface area is 83.0 Å². The molecule has 0 amide bonds. The Hall–Kier alpha value is -0.840. The van der Waals surface area contributed by atoms with Gasteiger partial charge in [-0.15, -0.1) is 0 Å². The minimum Gasteiger partial charge on any atom is -0.468 e. The minimum absolute atomic E-state index is 0.0185. The zero-order valence-corrected chi connectivity index (χ0v) is 8.38. The summed E-state index contributed by atoms with van der Waals surface area (Å²) in [5.74, 6) is 0.919. The summed E-state index contributed by atoms with van der Waals surface area (Å²) in [7, 11) is 1.86. The average Bonchev–Trinajstić information content (AvgIpc) is 2.72. The van der Waals surface area contributed by atoms with E-state index in [9.17, 15) is 5.11 Å². The van der Waals surface area contributed by atoms with Crippen LogP contribution in [0, 0.1) is 5.92 Å². The summed E-state index contributed by atoms with van der Waals surface area (Å²) in [5, 5.41) is 11.0. The predicted molar refractivity (Wildman–Crippen MR) is 50.3 cm³/mol. The van der Waals surface area contributed by atoms with Crippen LogP contribution >= 0.6 is 0 Å². The van der Waals surface area contributed by atoms with Crippen molar-refractivity contribution in [3.8, 4) is 0 Å². The fourth-order valence-electron chi connectivity index (χ4n) is 2.03. The molecule has 3 unspecified atom stereocenters. The molecule has 14 heavy (non-hydrogen) atoms. The van der Waals surface area contributed by atoms with E-state index in [-0.39, 0.29) is 24.7 Å². The van der Waals surface area contributed by atoms with Crippen LogP contribution in [0.4, 0.5) is 0 Å². The first-order valence-corrected chi connectivity index (χ1v) is 4.78. The van der Waals surface area contributed by atoms with Gasteiger partial charge in [-0.1, -0.05) is 0 Å². The van der Waals surface area contributed by atoms with Crippen molar-refractivity contribution in [1.29, 1.82) is 0 Å². The fraction of sp³-hybridized carbons (Fsp3) is 0.600. The zero-order chi connectivity index (χ0) is 10.1. The minimum atomic E-state index is 0.0185. The van der Waals surface area contributed by atoms with Crippen molar-refractivity contribution in [3.05, 3.63) is 24.2 Å². The van der Waals surface area contributed by atoms with Gasteiger partial charge in [0.2, 0.25) is 0 Å². The highest BCUT2D eigenvalue weighted by atomic mass is 16.7. The van der Waals surface area contributed by atoms with E-state index >= 15 is 0 Å². The van der Waals surface area contributed by atoms with Crippen LogP contribution in [0.15, 0.2) is 22.8 Å². The van der Waals surface area contributed by atoms with Gasteiger partial charge in [0.05, 0.1) is 19.0 Å². The molecule has 2 rings (SSSR count). The van der Waals surface area contributed by atoms with E-state index in [2.05, 4.69) is 0 Å². The zero-order valence-electron chi connectivity index (χ0n) is 8.38. The number of nitrogens with zero attached hydrogens (tertiary/aromatic N) is 1. The Kier molecular flexibility index (Phi) is 2.58. The predicted octanol–water partition coefficient (Wildman–Crippen LogP) is 1.19. The fourth-order valence-corrected chi connectivity index (χ4v) is 2.03. The first-order chi connectivity index (χ1) is 6.74. The van der Waals surface area contributed by atoms with Gasteiger partial charge >= 0.3 is 0 Å². The molecule has 0 spiro atoms. The van der Waals surface area contributed by atoms with Gasteiger partial charge in [0.1, 0.15) is 11.8 Å².